The van der Waals surface area contributed by atoms with Crippen LogP contribution in [0.4, 0.5) is 4.79 Å². The smallest absolute Gasteiger partial charge is 0.408 e. The molecule has 0 radical (unpaired) electrons. The Kier molecular flexibility index (Phi) is 8.50. The molecule has 0 bridgehead atoms. The SMILES string of the molecule is CCOC(=O)C(Cc1cccnc1OC)NC(=O)CNC(=O)OC(C)(C)C. The number of nitrogens with one attached hydrogen (secondary N) is 2. The van der Waals surface area contributed by atoms with Crippen LogP contribution in [0.1, 0.15) is 33.3 Å². The van der Waals surface area contributed by atoms with Crippen molar-refractivity contribution in [3.63, 3.8) is 0 Å². The topological polar surface area (TPSA) is 116 Å². The van der Waals surface area contributed by atoms with Crippen LogP contribution in [0.15, 0.2) is 18.3 Å². The third-order valence-electron chi connectivity index (χ3n) is 3.17. The third kappa shape index (κ3) is 8.39. The van der Waals surface area contributed by atoms with E-state index in [-0.39, 0.29) is 19.6 Å². The minimum absolute atomic E-state index is 0.133. The number of carbonyl (C=O) groups excluding carboxylic acids is 3. The number of nitrogens with zero attached hydrogens (tertiary/aromatic N) is 1. The molecule has 0 aliphatic heterocycles. The molecule has 1 aromatic rings. The summed E-state index contributed by atoms with van der Waals surface area (Å²) in [5.74, 6) is -0.788. The Morgan fingerprint density at radius 1 is 1.26 bits per heavy atom. The molecular weight excluding hydrogens is 354 g/mol. The number of amides is 2. The largest absolute Gasteiger partial charge is 0.481 e. The first kappa shape index (κ1) is 22.2. The average molecular weight is 381 g/mol. The van der Waals surface area contributed by atoms with Crippen molar-refractivity contribution in [1.29, 1.82) is 0 Å². The number of esters is 1. The third-order valence-corrected chi connectivity index (χ3v) is 3.17. The molecule has 0 saturated heterocycles. The second-order valence-electron chi connectivity index (χ2n) is 6.60. The lowest BCUT2D eigenvalue weighted by Crippen LogP contribution is -2.47. The van der Waals surface area contributed by atoms with Crippen molar-refractivity contribution < 1.29 is 28.6 Å². The number of carbonyl (C=O) groups is 3. The predicted molar refractivity (Wildman–Crippen MR) is 97.3 cm³/mol. The highest BCUT2D eigenvalue weighted by atomic mass is 16.6. The molecule has 2 amide bonds. The quantitative estimate of drug-likeness (QED) is 0.650. The molecule has 0 saturated carbocycles. The number of hydrogen-bond acceptors (Lipinski definition) is 7. The highest BCUT2D eigenvalue weighted by molar-refractivity contribution is 5.87. The molecule has 1 atom stereocenters. The number of alkyl carbamates (subject to hydrolysis) is 1. The fourth-order valence-electron chi connectivity index (χ4n) is 2.13. The molecule has 9 heteroatoms. The number of pyridine rings is 1. The highest BCUT2D eigenvalue weighted by Crippen LogP contribution is 2.16. The molecule has 0 aromatic carbocycles. The molecule has 150 valence electrons. The second-order valence-corrected chi connectivity index (χ2v) is 6.60. The van der Waals surface area contributed by atoms with E-state index in [4.69, 9.17) is 14.2 Å². The van der Waals surface area contributed by atoms with Gasteiger partial charge in [-0.1, -0.05) is 6.07 Å². The Morgan fingerprint density at radius 2 is 1.96 bits per heavy atom. The van der Waals surface area contributed by atoms with Crippen LogP contribution in [0, 0.1) is 0 Å². The molecule has 1 rings (SSSR count). The molecular formula is C18H27N3O6. The van der Waals surface area contributed by atoms with E-state index in [1.807, 2.05) is 0 Å². The van der Waals surface area contributed by atoms with Gasteiger partial charge < -0.3 is 24.8 Å². The van der Waals surface area contributed by atoms with Gasteiger partial charge in [-0.2, -0.15) is 0 Å². The summed E-state index contributed by atoms with van der Waals surface area (Å²) >= 11 is 0. The maximum absolute atomic E-state index is 12.2. The summed E-state index contributed by atoms with van der Waals surface area (Å²) in [5.41, 5.74) is -0.0382. The average Bonchev–Trinajstić information content (AvgIpc) is 2.58. The lowest BCUT2D eigenvalue weighted by atomic mass is 10.1. The number of hydrogen-bond donors (Lipinski definition) is 2. The number of methoxy groups -OCH3 is 1. The van der Waals surface area contributed by atoms with Gasteiger partial charge in [0.1, 0.15) is 18.2 Å². The molecule has 9 nitrogen and oxygen atoms in total. The van der Waals surface area contributed by atoms with Gasteiger partial charge in [0.15, 0.2) is 0 Å². The first-order chi connectivity index (χ1) is 12.7. The summed E-state index contributed by atoms with van der Waals surface area (Å²) in [4.78, 5) is 40.0. The van der Waals surface area contributed by atoms with Crippen molar-refractivity contribution in [2.45, 2.75) is 45.8 Å². The summed E-state index contributed by atoms with van der Waals surface area (Å²) < 4.78 is 15.2. The second kappa shape index (κ2) is 10.3. The number of ether oxygens (including phenoxy) is 3. The van der Waals surface area contributed by atoms with E-state index in [9.17, 15) is 14.4 Å². The van der Waals surface area contributed by atoms with Crippen LogP contribution in [-0.2, 0) is 25.5 Å². The van der Waals surface area contributed by atoms with E-state index in [0.29, 0.717) is 11.4 Å². The van der Waals surface area contributed by atoms with E-state index in [1.54, 1.807) is 46.0 Å². The zero-order chi connectivity index (χ0) is 20.4. The van der Waals surface area contributed by atoms with Crippen LogP contribution >= 0.6 is 0 Å². The van der Waals surface area contributed by atoms with Gasteiger partial charge in [0.05, 0.1) is 13.7 Å². The monoisotopic (exact) mass is 381 g/mol. The van der Waals surface area contributed by atoms with Crippen molar-refractivity contribution in [3.05, 3.63) is 23.9 Å². The number of aromatic nitrogens is 1. The minimum Gasteiger partial charge on any atom is -0.481 e. The first-order valence-electron chi connectivity index (χ1n) is 8.57. The lowest BCUT2D eigenvalue weighted by Gasteiger charge is -2.20. The van der Waals surface area contributed by atoms with E-state index in [0.717, 1.165) is 0 Å². The standard InChI is InChI=1S/C18H27N3O6/c1-6-26-16(23)13(10-12-8-7-9-19-15(12)25-5)21-14(22)11-20-17(24)27-18(2,3)4/h7-9,13H,6,10-11H2,1-5H3,(H,20,24)(H,21,22). The fourth-order valence-corrected chi connectivity index (χ4v) is 2.13. The van der Waals surface area contributed by atoms with Crippen molar-refractivity contribution >= 4 is 18.0 Å². The van der Waals surface area contributed by atoms with Crippen LogP contribution in [0.2, 0.25) is 0 Å². The van der Waals surface area contributed by atoms with Crippen molar-refractivity contribution in [2.75, 3.05) is 20.3 Å². The van der Waals surface area contributed by atoms with E-state index >= 15 is 0 Å². The van der Waals surface area contributed by atoms with Gasteiger partial charge >= 0.3 is 12.1 Å². The Labute approximate surface area is 158 Å². The van der Waals surface area contributed by atoms with E-state index in [2.05, 4.69) is 15.6 Å². The van der Waals surface area contributed by atoms with Crippen molar-refractivity contribution in [2.24, 2.45) is 0 Å². The number of rotatable bonds is 8. The molecule has 0 aliphatic carbocycles. The Bertz CT molecular complexity index is 657. The summed E-state index contributed by atoms with van der Waals surface area (Å²) in [6.07, 6.45) is 0.971. The van der Waals surface area contributed by atoms with Gasteiger partial charge in [0.25, 0.3) is 0 Å². The van der Waals surface area contributed by atoms with E-state index in [1.165, 1.54) is 7.11 Å². The molecule has 0 spiro atoms. The van der Waals surface area contributed by atoms with Crippen LogP contribution in [0.25, 0.3) is 0 Å². The summed E-state index contributed by atoms with van der Waals surface area (Å²) in [7, 11) is 1.47. The normalized spacial score (nSPS) is 11.9. The van der Waals surface area contributed by atoms with Crippen LogP contribution < -0.4 is 15.4 Å². The molecule has 1 unspecified atom stereocenters. The molecule has 2 N–H and O–H groups in total. The predicted octanol–water partition coefficient (Wildman–Crippen LogP) is 1.21. The van der Waals surface area contributed by atoms with Crippen molar-refractivity contribution in [3.8, 4) is 5.88 Å². The Morgan fingerprint density at radius 3 is 2.56 bits per heavy atom. The van der Waals surface area contributed by atoms with Crippen molar-refractivity contribution in [1.82, 2.24) is 15.6 Å². The minimum atomic E-state index is -0.948. The van der Waals surface area contributed by atoms with Gasteiger partial charge in [0, 0.05) is 18.2 Å². The Hall–Kier alpha value is -2.84. The highest BCUT2D eigenvalue weighted by Gasteiger charge is 2.25. The summed E-state index contributed by atoms with van der Waals surface area (Å²) in [5, 5.41) is 4.89. The van der Waals surface area contributed by atoms with Gasteiger partial charge in [-0.3, -0.25) is 4.79 Å². The van der Waals surface area contributed by atoms with Crippen LogP contribution in [-0.4, -0.2) is 54.9 Å². The van der Waals surface area contributed by atoms with Gasteiger partial charge in [-0.15, -0.1) is 0 Å². The molecule has 1 heterocycles. The molecule has 1 aromatic heterocycles. The van der Waals surface area contributed by atoms with Gasteiger partial charge in [-0.05, 0) is 33.8 Å². The zero-order valence-corrected chi connectivity index (χ0v) is 16.3. The van der Waals surface area contributed by atoms with Crippen LogP contribution in [0.5, 0.6) is 5.88 Å². The van der Waals surface area contributed by atoms with Gasteiger partial charge in [-0.25, -0.2) is 14.6 Å². The van der Waals surface area contributed by atoms with Crippen LogP contribution in [0.3, 0.4) is 0 Å². The fraction of sp³-hybridized carbons (Fsp3) is 0.556. The Balaban J connectivity index is 2.73. The first-order valence-corrected chi connectivity index (χ1v) is 8.57. The maximum Gasteiger partial charge on any atom is 0.408 e. The zero-order valence-electron chi connectivity index (χ0n) is 16.3. The molecule has 0 fully saturated rings. The molecule has 0 aliphatic rings. The summed E-state index contributed by atoms with van der Waals surface area (Å²) in [6.45, 7) is 6.65. The molecule has 27 heavy (non-hydrogen) atoms. The lowest BCUT2D eigenvalue weighted by molar-refractivity contribution is -0.147. The van der Waals surface area contributed by atoms with E-state index < -0.39 is 29.6 Å². The van der Waals surface area contributed by atoms with Gasteiger partial charge in [0.2, 0.25) is 11.8 Å². The summed E-state index contributed by atoms with van der Waals surface area (Å²) in [6, 6.07) is 2.49. The maximum atomic E-state index is 12.2.